The molecule has 0 amide bonds. The fraction of sp³-hybridized carbons (Fsp3) is 0.286. The number of hydrogen-bond donors (Lipinski definition) is 2. The molecule has 4 nitrogen and oxygen atoms in total. The van der Waals surface area contributed by atoms with Gasteiger partial charge in [-0.2, -0.15) is 10.6 Å². The first-order valence-corrected chi connectivity index (χ1v) is 3.37. The topological polar surface area (TPSA) is 50.1 Å². The molecule has 0 aliphatic heterocycles. The van der Waals surface area contributed by atoms with Gasteiger partial charge in [0.1, 0.15) is 0 Å². The average Bonchev–Trinajstić information content (AvgIpc) is 2.39. The quantitative estimate of drug-likeness (QED) is 0.490. The minimum atomic E-state index is 0.411. The van der Waals surface area contributed by atoms with Crippen LogP contribution in [0.15, 0.2) is 24.9 Å². The van der Waals surface area contributed by atoms with E-state index in [4.69, 9.17) is 5.21 Å². The summed E-state index contributed by atoms with van der Waals surface area (Å²) in [4.78, 5) is 0. The van der Waals surface area contributed by atoms with Crippen molar-refractivity contribution in [2.75, 3.05) is 0 Å². The first-order chi connectivity index (χ1) is 5.38. The molecule has 0 radical (unpaired) electrons. The number of aromatic nitrogens is 2. The van der Waals surface area contributed by atoms with E-state index in [1.54, 1.807) is 17.0 Å². The van der Waals surface area contributed by atoms with Crippen molar-refractivity contribution in [2.24, 2.45) is 0 Å². The predicted octanol–water partition coefficient (Wildman–Crippen LogP) is 0.548. The number of allylic oxidation sites excluding steroid dienone is 1. The number of nitrogens with one attached hydrogen (secondary N) is 1. The van der Waals surface area contributed by atoms with E-state index in [0.29, 0.717) is 13.1 Å². The molecule has 0 fully saturated rings. The van der Waals surface area contributed by atoms with Gasteiger partial charge in [-0.15, -0.1) is 6.58 Å². The van der Waals surface area contributed by atoms with E-state index in [9.17, 15) is 0 Å². The largest absolute Gasteiger partial charge is 0.316 e. The van der Waals surface area contributed by atoms with Crippen LogP contribution in [0.5, 0.6) is 0 Å². The lowest BCUT2D eigenvalue weighted by Crippen LogP contribution is -2.12. The lowest BCUT2D eigenvalue weighted by atomic mass is 10.4. The third-order valence-corrected chi connectivity index (χ3v) is 1.37. The van der Waals surface area contributed by atoms with Gasteiger partial charge in [0.25, 0.3) is 0 Å². The zero-order chi connectivity index (χ0) is 8.10. The Hall–Kier alpha value is -1.13. The van der Waals surface area contributed by atoms with E-state index in [1.807, 2.05) is 6.07 Å². The fourth-order valence-electron chi connectivity index (χ4n) is 0.878. The monoisotopic (exact) mass is 153 g/mol. The third-order valence-electron chi connectivity index (χ3n) is 1.37. The molecule has 0 saturated heterocycles. The first-order valence-electron chi connectivity index (χ1n) is 3.37. The molecule has 4 heteroatoms. The Kier molecular flexibility index (Phi) is 2.83. The molecule has 0 aliphatic carbocycles. The van der Waals surface area contributed by atoms with Gasteiger partial charge >= 0.3 is 0 Å². The maximum atomic E-state index is 8.41. The second-order valence-electron chi connectivity index (χ2n) is 2.13. The minimum absolute atomic E-state index is 0.411. The molecule has 0 saturated carbocycles. The van der Waals surface area contributed by atoms with Crippen molar-refractivity contribution in [3.63, 3.8) is 0 Å². The van der Waals surface area contributed by atoms with Crippen LogP contribution < -0.4 is 5.48 Å². The smallest absolute Gasteiger partial charge is 0.0628 e. The van der Waals surface area contributed by atoms with Gasteiger partial charge in [0.05, 0.1) is 18.8 Å². The molecule has 1 heterocycles. The molecule has 0 atom stereocenters. The number of hydrogen-bond acceptors (Lipinski definition) is 3. The molecular formula is C7H11N3O. The van der Waals surface area contributed by atoms with Crippen molar-refractivity contribution in [3.8, 4) is 0 Å². The van der Waals surface area contributed by atoms with Crippen molar-refractivity contribution in [1.82, 2.24) is 15.3 Å². The summed E-state index contributed by atoms with van der Waals surface area (Å²) in [5.74, 6) is 0. The molecule has 0 unspecified atom stereocenters. The average molecular weight is 153 g/mol. The van der Waals surface area contributed by atoms with Crippen molar-refractivity contribution in [3.05, 3.63) is 30.6 Å². The van der Waals surface area contributed by atoms with Gasteiger partial charge in [0.2, 0.25) is 0 Å². The van der Waals surface area contributed by atoms with Gasteiger partial charge in [0.15, 0.2) is 0 Å². The zero-order valence-electron chi connectivity index (χ0n) is 6.20. The molecule has 0 bridgehead atoms. The van der Waals surface area contributed by atoms with Crippen LogP contribution in [0.25, 0.3) is 0 Å². The van der Waals surface area contributed by atoms with Crippen LogP contribution in [-0.2, 0) is 13.1 Å². The molecule has 11 heavy (non-hydrogen) atoms. The highest BCUT2D eigenvalue weighted by molar-refractivity contribution is 5.00. The number of nitrogens with zero attached hydrogens (tertiary/aromatic N) is 2. The Balaban J connectivity index is 2.69. The van der Waals surface area contributed by atoms with Crippen LogP contribution in [0.1, 0.15) is 5.69 Å². The van der Waals surface area contributed by atoms with Crippen molar-refractivity contribution in [1.29, 1.82) is 0 Å². The van der Waals surface area contributed by atoms with Gasteiger partial charge < -0.3 is 5.21 Å². The van der Waals surface area contributed by atoms with Crippen LogP contribution in [0, 0.1) is 0 Å². The normalized spacial score (nSPS) is 9.91. The molecule has 0 aliphatic rings. The maximum absolute atomic E-state index is 8.41. The Labute approximate surface area is 65.1 Å². The SMILES string of the molecule is C=CCn1nccc1CNO. The highest BCUT2D eigenvalue weighted by Gasteiger charge is 1.97. The van der Waals surface area contributed by atoms with Gasteiger partial charge in [-0.05, 0) is 6.07 Å². The Morgan fingerprint density at radius 2 is 2.64 bits per heavy atom. The second-order valence-corrected chi connectivity index (χ2v) is 2.13. The molecule has 0 spiro atoms. The summed E-state index contributed by atoms with van der Waals surface area (Å²) in [5.41, 5.74) is 3.01. The summed E-state index contributed by atoms with van der Waals surface area (Å²) in [6.45, 7) is 4.67. The molecule has 1 aromatic rings. The summed E-state index contributed by atoms with van der Waals surface area (Å²) in [6, 6.07) is 1.84. The highest BCUT2D eigenvalue weighted by atomic mass is 16.5. The Morgan fingerprint density at radius 3 is 3.27 bits per heavy atom. The minimum Gasteiger partial charge on any atom is -0.316 e. The third kappa shape index (κ3) is 1.89. The van der Waals surface area contributed by atoms with E-state index in [0.717, 1.165) is 5.69 Å². The Bertz CT molecular complexity index is 231. The highest BCUT2D eigenvalue weighted by Crippen LogP contribution is 1.97. The van der Waals surface area contributed by atoms with E-state index in [1.165, 1.54) is 0 Å². The summed E-state index contributed by atoms with van der Waals surface area (Å²) >= 11 is 0. The fourth-order valence-corrected chi connectivity index (χ4v) is 0.878. The summed E-state index contributed by atoms with van der Waals surface area (Å²) in [6.07, 6.45) is 3.45. The summed E-state index contributed by atoms with van der Waals surface area (Å²) in [5, 5.41) is 12.4. The number of hydroxylamine groups is 1. The van der Waals surface area contributed by atoms with Crippen molar-refractivity contribution >= 4 is 0 Å². The summed E-state index contributed by atoms with van der Waals surface area (Å²) < 4.78 is 1.76. The van der Waals surface area contributed by atoms with Crippen LogP contribution in [0.3, 0.4) is 0 Å². The maximum Gasteiger partial charge on any atom is 0.0628 e. The van der Waals surface area contributed by atoms with Gasteiger partial charge in [-0.3, -0.25) is 4.68 Å². The first kappa shape index (κ1) is 7.97. The second kappa shape index (κ2) is 3.90. The van der Waals surface area contributed by atoms with E-state index in [2.05, 4.69) is 17.2 Å². The van der Waals surface area contributed by atoms with Crippen molar-refractivity contribution in [2.45, 2.75) is 13.1 Å². The molecule has 0 aromatic carbocycles. The molecule has 2 N–H and O–H groups in total. The van der Waals surface area contributed by atoms with Crippen LogP contribution in [0.4, 0.5) is 0 Å². The van der Waals surface area contributed by atoms with Gasteiger partial charge in [-0.1, -0.05) is 6.08 Å². The van der Waals surface area contributed by atoms with E-state index in [-0.39, 0.29) is 0 Å². The van der Waals surface area contributed by atoms with Gasteiger partial charge in [-0.25, -0.2) is 0 Å². The molecule has 1 rings (SSSR count). The number of rotatable bonds is 4. The lowest BCUT2D eigenvalue weighted by molar-refractivity contribution is 0.158. The van der Waals surface area contributed by atoms with Crippen molar-refractivity contribution < 1.29 is 5.21 Å². The van der Waals surface area contributed by atoms with Gasteiger partial charge in [0, 0.05) is 6.20 Å². The summed E-state index contributed by atoms with van der Waals surface area (Å²) in [7, 11) is 0. The van der Waals surface area contributed by atoms with Crippen LogP contribution in [0.2, 0.25) is 0 Å². The zero-order valence-corrected chi connectivity index (χ0v) is 6.20. The molecule has 1 aromatic heterocycles. The standard InChI is InChI=1S/C7H11N3O/c1-2-5-10-7(6-9-11)3-4-8-10/h2-4,9,11H,1,5-6H2. The predicted molar refractivity (Wildman–Crippen MR) is 41.1 cm³/mol. The molecular weight excluding hydrogens is 142 g/mol. The van der Waals surface area contributed by atoms with E-state index < -0.39 is 0 Å². The van der Waals surface area contributed by atoms with E-state index >= 15 is 0 Å². The molecule has 60 valence electrons. The van der Waals surface area contributed by atoms with Crippen LogP contribution >= 0.6 is 0 Å². The lowest BCUT2D eigenvalue weighted by Gasteiger charge is -2.01. The Morgan fingerprint density at radius 1 is 1.82 bits per heavy atom. The van der Waals surface area contributed by atoms with Crippen LogP contribution in [-0.4, -0.2) is 15.0 Å².